The van der Waals surface area contributed by atoms with Crippen molar-refractivity contribution >= 4 is 40.5 Å². The second-order valence-corrected chi connectivity index (χ2v) is 6.48. The van der Waals surface area contributed by atoms with Crippen molar-refractivity contribution in [2.24, 2.45) is 0 Å². The van der Waals surface area contributed by atoms with Crippen LogP contribution in [0.1, 0.15) is 25.8 Å². The van der Waals surface area contributed by atoms with E-state index in [4.69, 9.17) is 44.3 Å². The van der Waals surface area contributed by atoms with Gasteiger partial charge in [0, 0.05) is 22.3 Å². The van der Waals surface area contributed by atoms with Gasteiger partial charge in [0.1, 0.15) is 0 Å². The van der Waals surface area contributed by atoms with Gasteiger partial charge in [-0.1, -0.05) is 41.7 Å². The first-order valence-electron chi connectivity index (χ1n) is 7.81. The number of benzene rings is 2. The number of anilines is 1. The van der Waals surface area contributed by atoms with Gasteiger partial charge in [-0.05, 0) is 49.2 Å². The summed E-state index contributed by atoms with van der Waals surface area (Å²) in [5.74, 6) is 1.24. The Morgan fingerprint density at radius 2 is 1.62 bits per heavy atom. The minimum Gasteiger partial charge on any atom is -0.490 e. The van der Waals surface area contributed by atoms with Crippen molar-refractivity contribution in [2.75, 3.05) is 18.5 Å². The van der Waals surface area contributed by atoms with Crippen LogP contribution in [0.15, 0.2) is 30.3 Å². The van der Waals surface area contributed by atoms with Crippen LogP contribution in [0.3, 0.4) is 0 Å². The van der Waals surface area contributed by atoms with Crippen LogP contribution in [0.2, 0.25) is 15.1 Å². The fourth-order valence-corrected chi connectivity index (χ4v) is 3.00. The van der Waals surface area contributed by atoms with Crippen LogP contribution >= 0.6 is 34.8 Å². The van der Waals surface area contributed by atoms with Crippen molar-refractivity contribution in [3.63, 3.8) is 0 Å². The molecule has 24 heavy (non-hydrogen) atoms. The molecule has 0 aliphatic heterocycles. The third-order valence-corrected chi connectivity index (χ3v) is 3.90. The summed E-state index contributed by atoms with van der Waals surface area (Å²) in [6.45, 7) is 5.67. The van der Waals surface area contributed by atoms with E-state index in [0.717, 1.165) is 17.7 Å². The highest BCUT2D eigenvalue weighted by molar-refractivity contribution is 6.35. The fourth-order valence-electron chi connectivity index (χ4n) is 2.19. The molecular formula is C18H20Cl3NO2. The number of rotatable bonds is 8. The van der Waals surface area contributed by atoms with Gasteiger partial charge in [0.25, 0.3) is 0 Å². The number of hydrogen-bond acceptors (Lipinski definition) is 3. The second kappa shape index (κ2) is 9.26. The molecule has 3 nitrogen and oxygen atoms in total. The van der Waals surface area contributed by atoms with Crippen molar-refractivity contribution in [3.8, 4) is 11.5 Å². The first-order chi connectivity index (χ1) is 11.5. The van der Waals surface area contributed by atoms with Crippen molar-refractivity contribution < 1.29 is 9.47 Å². The highest BCUT2D eigenvalue weighted by atomic mass is 35.5. The summed E-state index contributed by atoms with van der Waals surface area (Å²) in [7, 11) is 0. The van der Waals surface area contributed by atoms with E-state index in [1.165, 1.54) is 0 Å². The zero-order valence-corrected chi connectivity index (χ0v) is 15.9. The van der Waals surface area contributed by atoms with Gasteiger partial charge >= 0.3 is 0 Å². The molecule has 0 saturated heterocycles. The first kappa shape index (κ1) is 19.0. The molecule has 0 amide bonds. The van der Waals surface area contributed by atoms with E-state index < -0.39 is 0 Å². The summed E-state index contributed by atoms with van der Waals surface area (Å²) < 4.78 is 11.4. The Morgan fingerprint density at radius 1 is 0.917 bits per heavy atom. The molecule has 130 valence electrons. The summed E-state index contributed by atoms with van der Waals surface area (Å²) in [4.78, 5) is 0. The summed E-state index contributed by atoms with van der Waals surface area (Å²) in [6, 6.07) is 9.13. The topological polar surface area (TPSA) is 30.5 Å². The standard InChI is InChI=1S/C18H20Cl3NO2/c1-3-5-24-18-16(21)6-12(7-17(18)23-4-2)11-22-15-9-13(19)8-14(20)10-15/h6-10,22H,3-5,11H2,1-2H3. The molecule has 0 radical (unpaired) electrons. The highest BCUT2D eigenvalue weighted by Crippen LogP contribution is 2.37. The Bertz CT molecular complexity index is 672. The third-order valence-electron chi connectivity index (χ3n) is 3.18. The van der Waals surface area contributed by atoms with Gasteiger partial charge in [-0.15, -0.1) is 0 Å². The molecule has 0 saturated carbocycles. The molecule has 0 heterocycles. The van der Waals surface area contributed by atoms with Crippen LogP contribution in [0.4, 0.5) is 5.69 Å². The predicted molar refractivity (Wildman–Crippen MR) is 102 cm³/mol. The van der Waals surface area contributed by atoms with E-state index in [0.29, 0.717) is 46.3 Å². The van der Waals surface area contributed by atoms with Crippen molar-refractivity contribution in [1.29, 1.82) is 0 Å². The lowest BCUT2D eigenvalue weighted by atomic mass is 10.2. The van der Waals surface area contributed by atoms with E-state index in [1.54, 1.807) is 6.07 Å². The summed E-state index contributed by atoms with van der Waals surface area (Å²) in [6.07, 6.45) is 0.903. The molecule has 0 atom stereocenters. The SMILES string of the molecule is CCCOc1c(Cl)cc(CNc2cc(Cl)cc(Cl)c2)cc1OCC. The molecular weight excluding hydrogens is 369 g/mol. The molecule has 6 heteroatoms. The summed E-state index contributed by atoms with van der Waals surface area (Å²) in [5.41, 5.74) is 1.82. The molecule has 0 aliphatic rings. The average molecular weight is 389 g/mol. The number of halogens is 3. The van der Waals surface area contributed by atoms with E-state index in [-0.39, 0.29) is 0 Å². The fraction of sp³-hybridized carbons (Fsp3) is 0.333. The average Bonchev–Trinajstić information content (AvgIpc) is 2.51. The lowest BCUT2D eigenvalue weighted by Crippen LogP contribution is -2.04. The van der Waals surface area contributed by atoms with E-state index in [2.05, 4.69) is 5.32 Å². The number of nitrogens with one attached hydrogen (secondary N) is 1. The van der Waals surface area contributed by atoms with Gasteiger partial charge in [0.2, 0.25) is 0 Å². The van der Waals surface area contributed by atoms with Gasteiger partial charge < -0.3 is 14.8 Å². The highest BCUT2D eigenvalue weighted by Gasteiger charge is 2.12. The molecule has 0 unspecified atom stereocenters. The van der Waals surface area contributed by atoms with E-state index in [9.17, 15) is 0 Å². The van der Waals surface area contributed by atoms with Crippen LogP contribution in [-0.4, -0.2) is 13.2 Å². The maximum Gasteiger partial charge on any atom is 0.179 e. The first-order valence-corrected chi connectivity index (χ1v) is 8.94. The summed E-state index contributed by atoms with van der Waals surface area (Å²) >= 11 is 18.4. The van der Waals surface area contributed by atoms with Crippen molar-refractivity contribution in [2.45, 2.75) is 26.8 Å². The molecule has 2 aromatic carbocycles. The molecule has 2 aromatic rings. The Kier molecular flexibility index (Phi) is 7.35. The molecule has 0 bridgehead atoms. The Balaban J connectivity index is 2.17. The van der Waals surface area contributed by atoms with Crippen LogP contribution in [-0.2, 0) is 6.54 Å². The van der Waals surface area contributed by atoms with Gasteiger partial charge in [-0.2, -0.15) is 0 Å². The maximum absolute atomic E-state index is 6.36. The minimum absolute atomic E-state index is 0.537. The van der Waals surface area contributed by atoms with Crippen LogP contribution < -0.4 is 14.8 Å². The van der Waals surface area contributed by atoms with Gasteiger partial charge in [-0.3, -0.25) is 0 Å². The van der Waals surface area contributed by atoms with Gasteiger partial charge in [-0.25, -0.2) is 0 Å². The second-order valence-electron chi connectivity index (χ2n) is 5.20. The molecule has 0 fully saturated rings. The van der Waals surface area contributed by atoms with E-state index in [1.807, 2.05) is 38.1 Å². The third kappa shape index (κ3) is 5.37. The molecule has 0 aromatic heterocycles. The Labute approximate surface area is 157 Å². The zero-order chi connectivity index (χ0) is 17.5. The monoisotopic (exact) mass is 387 g/mol. The largest absolute Gasteiger partial charge is 0.490 e. The lowest BCUT2D eigenvalue weighted by molar-refractivity contribution is 0.277. The quantitative estimate of drug-likeness (QED) is 0.564. The normalized spacial score (nSPS) is 10.5. The van der Waals surface area contributed by atoms with Crippen molar-refractivity contribution in [1.82, 2.24) is 0 Å². The smallest absolute Gasteiger partial charge is 0.179 e. The number of ether oxygens (including phenoxy) is 2. The molecule has 1 N–H and O–H groups in total. The van der Waals surface area contributed by atoms with Crippen LogP contribution in [0.5, 0.6) is 11.5 Å². The zero-order valence-electron chi connectivity index (χ0n) is 13.7. The lowest BCUT2D eigenvalue weighted by Gasteiger charge is -2.15. The predicted octanol–water partition coefficient (Wildman–Crippen LogP) is 6.45. The van der Waals surface area contributed by atoms with Crippen LogP contribution in [0.25, 0.3) is 0 Å². The molecule has 0 aliphatic carbocycles. The minimum atomic E-state index is 0.537. The summed E-state index contributed by atoms with van der Waals surface area (Å²) in [5, 5.41) is 4.98. The van der Waals surface area contributed by atoms with Gasteiger partial charge in [0.05, 0.1) is 18.2 Å². The Hall–Kier alpha value is -1.29. The van der Waals surface area contributed by atoms with Crippen molar-refractivity contribution in [3.05, 3.63) is 51.0 Å². The van der Waals surface area contributed by atoms with Gasteiger partial charge in [0.15, 0.2) is 11.5 Å². The van der Waals surface area contributed by atoms with Crippen LogP contribution in [0, 0.1) is 0 Å². The number of hydrogen-bond donors (Lipinski definition) is 1. The Morgan fingerprint density at radius 3 is 2.25 bits per heavy atom. The van der Waals surface area contributed by atoms with E-state index >= 15 is 0 Å². The molecule has 2 rings (SSSR count). The maximum atomic E-state index is 6.36. The molecule has 0 spiro atoms.